The first-order valence-electron chi connectivity index (χ1n) is 17.0. The Morgan fingerprint density at radius 1 is 0.314 bits per heavy atom. The zero-order valence-electron chi connectivity index (χ0n) is 27.5. The fourth-order valence-corrected chi connectivity index (χ4v) is 7.59. The van der Waals surface area contributed by atoms with E-state index < -0.39 is 0 Å². The van der Waals surface area contributed by atoms with Crippen molar-refractivity contribution in [3.05, 3.63) is 183 Å². The Hall–Kier alpha value is -7.05. The number of fused-ring (bicyclic) bond motifs is 6. The maximum atomic E-state index is 4.56. The minimum Gasteiger partial charge on any atom is -0.308 e. The van der Waals surface area contributed by atoms with Crippen LogP contribution in [0, 0.1) is 0 Å². The van der Waals surface area contributed by atoms with Gasteiger partial charge in [-0.15, -0.1) is 0 Å². The van der Waals surface area contributed by atoms with E-state index in [2.05, 4.69) is 156 Å². The molecule has 10 rings (SSSR count). The second-order valence-electron chi connectivity index (χ2n) is 12.6. The van der Waals surface area contributed by atoms with E-state index in [0.29, 0.717) is 0 Å². The molecule has 0 N–H and O–H groups in total. The lowest BCUT2D eigenvalue weighted by Crippen LogP contribution is -2.00. The Bertz CT molecular complexity index is 2460. The van der Waals surface area contributed by atoms with Gasteiger partial charge in [0.25, 0.3) is 0 Å². The summed E-state index contributed by atoms with van der Waals surface area (Å²) < 4.78 is 7.22. The lowest BCUT2D eigenvalue weighted by molar-refractivity contribution is 1.12. The van der Waals surface area contributed by atoms with Gasteiger partial charge in [-0.25, -0.2) is 0 Å². The van der Waals surface area contributed by atoms with Crippen LogP contribution in [0.25, 0.3) is 83.5 Å². The quantitative estimate of drug-likeness (QED) is 0.179. The molecule has 0 spiro atoms. The highest BCUT2D eigenvalue weighted by Crippen LogP contribution is 2.47. The molecule has 6 heteroatoms. The molecular weight excluding hydrogens is 625 g/mol. The molecule has 6 nitrogen and oxygen atoms in total. The third-order valence-corrected chi connectivity index (χ3v) is 9.68. The van der Waals surface area contributed by atoms with Gasteiger partial charge in [0.2, 0.25) is 0 Å². The predicted octanol–water partition coefficient (Wildman–Crippen LogP) is 10.7. The fraction of sp³-hybridized carbons (Fsp3) is 0. The number of aromatic nitrogens is 6. The maximum Gasteiger partial charge on any atom is 0.0650 e. The lowest BCUT2D eigenvalue weighted by Gasteiger charge is -2.15. The highest BCUT2D eigenvalue weighted by molar-refractivity contribution is 6.27. The van der Waals surface area contributed by atoms with Crippen LogP contribution in [-0.2, 0) is 0 Å². The number of benzene rings is 4. The SMILES string of the molecule is c1ccc(-n2c(-c3cccnc3)cc3c2c2cc(-c4cccnc4)n(-c4ccccc4)c2c2cc(-c4cccnc4)n(-c4ccccc4)c32)cc1. The molecule has 0 aliphatic heterocycles. The molecule has 4 aromatic carbocycles. The third-order valence-electron chi connectivity index (χ3n) is 9.68. The Balaban J connectivity index is 1.50. The van der Waals surface area contributed by atoms with E-state index in [1.165, 1.54) is 0 Å². The molecule has 0 fully saturated rings. The van der Waals surface area contributed by atoms with E-state index in [-0.39, 0.29) is 0 Å². The third kappa shape index (κ3) is 4.61. The molecule has 0 aliphatic rings. The van der Waals surface area contributed by atoms with Crippen molar-refractivity contribution in [2.24, 2.45) is 0 Å². The molecule has 6 aromatic heterocycles. The lowest BCUT2D eigenvalue weighted by atomic mass is 10.1. The molecule has 0 radical (unpaired) electrons. The van der Waals surface area contributed by atoms with Crippen molar-refractivity contribution in [1.29, 1.82) is 0 Å². The van der Waals surface area contributed by atoms with Crippen LogP contribution < -0.4 is 0 Å². The molecule has 0 saturated carbocycles. The van der Waals surface area contributed by atoms with Gasteiger partial charge < -0.3 is 13.7 Å². The summed E-state index contributed by atoms with van der Waals surface area (Å²) in [5, 5.41) is 3.42. The highest BCUT2D eigenvalue weighted by Gasteiger charge is 2.27. The van der Waals surface area contributed by atoms with Crippen LogP contribution in [0.3, 0.4) is 0 Å². The Morgan fingerprint density at radius 2 is 0.608 bits per heavy atom. The van der Waals surface area contributed by atoms with Crippen molar-refractivity contribution >= 4 is 32.7 Å². The van der Waals surface area contributed by atoms with Gasteiger partial charge in [0.1, 0.15) is 0 Å². The second kappa shape index (κ2) is 11.8. The van der Waals surface area contributed by atoms with E-state index in [0.717, 1.165) is 83.5 Å². The number of nitrogens with zero attached hydrogens (tertiary/aromatic N) is 6. The van der Waals surface area contributed by atoms with E-state index in [9.17, 15) is 0 Å². The first-order valence-corrected chi connectivity index (χ1v) is 17.0. The zero-order chi connectivity index (χ0) is 33.7. The number of pyridine rings is 3. The maximum absolute atomic E-state index is 4.56. The number of rotatable bonds is 6. The first kappa shape index (κ1) is 28.9. The fourth-order valence-electron chi connectivity index (χ4n) is 7.59. The summed E-state index contributed by atoms with van der Waals surface area (Å²) in [7, 11) is 0. The largest absolute Gasteiger partial charge is 0.308 e. The van der Waals surface area contributed by atoms with Crippen molar-refractivity contribution in [1.82, 2.24) is 28.7 Å². The van der Waals surface area contributed by atoms with Crippen molar-refractivity contribution in [3.63, 3.8) is 0 Å². The number of para-hydroxylation sites is 3. The Labute approximate surface area is 294 Å². The van der Waals surface area contributed by atoms with Crippen LogP contribution in [0.1, 0.15) is 0 Å². The topological polar surface area (TPSA) is 53.5 Å². The van der Waals surface area contributed by atoms with E-state index in [4.69, 9.17) is 0 Å². The number of hydrogen-bond donors (Lipinski definition) is 0. The van der Waals surface area contributed by atoms with Gasteiger partial charge in [-0.1, -0.05) is 54.6 Å². The summed E-state index contributed by atoms with van der Waals surface area (Å²) in [6, 6.07) is 51.4. The monoisotopic (exact) mass is 654 g/mol. The van der Waals surface area contributed by atoms with Crippen molar-refractivity contribution in [2.45, 2.75) is 0 Å². The summed E-state index contributed by atoms with van der Waals surface area (Å²) in [6.07, 6.45) is 11.4. The van der Waals surface area contributed by atoms with E-state index in [1.807, 2.05) is 55.4 Å². The smallest absolute Gasteiger partial charge is 0.0650 e. The van der Waals surface area contributed by atoms with Crippen molar-refractivity contribution in [2.75, 3.05) is 0 Å². The molecule has 0 amide bonds. The average Bonchev–Trinajstić information content (AvgIpc) is 3.92. The summed E-state index contributed by atoms with van der Waals surface area (Å²) >= 11 is 0. The predicted molar refractivity (Wildman–Crippen MR) is 207 cm³/mol. The van der Waals surface area contributed by atoms with Crippen LogP contribution in [-0.4, -0.2) is 28.7 Å². The Morgan fingerprint density at radius 3 is 0.863 bits per heavy atom. The molecule has 10 aromatic rings. The van der Waals surface area contributed by atoms with Gasteiger partial charge in [-0.2, -0.15) is 0 Å². The minimum absolute atomic E-state index is 1.04. The van der Waals surface area contributed by atoms with Gasteiger partial charge in [0.05, 0.1) is 33.6 Å². The minimum atomic E-state index is 1.04. The molecule has 0 unspecified atom stereocenters. The van der Waals surface area contributed by atoms with Crippen molar-refractivity contribution < 1.29 is 0 Å². The van der Waals surface area contributed by atoms with Crippen molar-refractivity contribution in [3.8, 4) is 50.8 Å². The van der Waals surface area contributed by atoms with Crippen LogP contribution in [0.4, 0.5) is 0 Å². The molecule has 6 heterocycles. The highest BCUT2D eigenvalue weighted by atomic mass is 15.1. The molecule has 0 bridgehead atoms. The van der Waals surface area contributed by atoms with Crippen LogP contribution in [0.5, 0.6) is 0 Å². The van der Waals surface area contributed by atoms with Gasteiger partial charge in [-0.3, -0.25) is 15.0 Å². The van der Waals surface area contributed by atoms with Crippen LogP contribution in [0.15, 0.2) is 183 Å². The standard InChI is InChI=1S/C45H30N6/c1-4-16-34(17-5-1)49-40(31-13-10-22-46-28-31)25-37-43(49)38-26-41(32-14-11-23-47-29-32)50(35-18-6-2-7-19-35)45(38)39-27-42(33-15-12-24-48-30-33)51(44(37)39)36-20-8-3-9-21-36/h1-30H. The van der Waals surface area contributed by atoms with Gasteiger partial charge in [-0.05, 0) is 91.0 Å². The molecule has 0 saturated heterocycles. The van der Waals surface area contributed by atoms with Gasteiger partial charge in [0, 0.05) is 87.1 Å². The second-order valence-corrected chi connectivity index (χ2v) is 12.6. The summed E-state index contributed by atoms with van der Waals surface area (Å²) in [5.74, 6) is 0. The molecule has 240 valence electrons. The summed E-state index contributed by atoms with van der Waals surface area (Å²) in [6.45, 7) is 0. The summed E-state index contributed by atoms with van der Waals surface area (Å²) in [5.41, 5.74) is 12.9. The van der Waals surface area contributed by atoms with E-state index >= 15 is 0 Å². The Kier molecular flexibility index (Phi) is 6.70. The zero-order valence-corrected chi connectivity index (χ0v) is 27.5. The van der Waals surface area contributed by atoms with Gasteiger partial charge in [0.15, 0.2) is 0 Å². The van der Waals surface area contributed by atoms with Gasteiger partial charge >= 0.3 is 0 Å². The average molecular weight is 655 g/mol. The molecule has 0 atom stereocenters. The van der Waals surface area contributed by atoms with Crippen LogP contribution in [0.2, 0.25) is 0 Å². The molecule has 51 heavy (non-hydrogen) atoms. The summed E-state index contributed by atoms with van der Waals surface area (Å²) in [4.78, 5) is 13.7. The normalized spacial score (nSPS) is 11.5. The number of hydrogen-bond acceptors (Lipinski definition) is 3. The molecule has 0 aliphatic carbocycles. The van der Waals surface area contributed by atoms with Crippen LogP contribution >= 0.6 is 0 Å². The first-order chi connectivity index (χ1) is 25.3. The molecular formula is C45H30N6. The van der Waals surface area contributed by atoms with E-state index in [1.54, 1.807) is 0 Å².